The summed E-state index contributed by atoms with van der Waals surface area (Å²) in [6, 6.07) is 19.5. The van der Waals surface area contributed by atoms with Gasteiger partial charge in [-0.1, -0.05) is 36.4 Å². The molecule has 102 valence electrons. The van der Waals surface area contributed by atoms with E-state index < -0.39 is 15.2 Å². The van der Waals surface area contributed by atoms with Gasteiger partial charge in [-0.25, -0.2) is 13.6 Å². The lowest BCUT2D eigenvalue weighted by atomic mass is 10.3. The van der Waals surface area contributed by atoms with Crippen LogP contribution in [0.1, 0.15) is 0 Å². The Morgan fingerprint density at radius 2 is 1.21 bits per heavy atom. The van der Waals surface area contributed by atoms with Crippen LogP contribution in [-0.4, -0.2) is 13.6 Å². The van der Waals surface area contributed by atoms with Gasteiger partial charge in [0.25, 0.3) is 0 Å². The maximum absolute atomic E-state index is 9.65. The van der Waals surface area contributed by atoms with Crippen LogP contribution >= 0.6 is 11.6 Å². The maximum Gasteiger partial charge on any atom is 0.223 e. The third-order valence-corrected chi connectivity index (χ3v) is 3.09. The minimum atomic E-state index is -3.40. The average Bonchev–Trinajstić information content (AvgIpc) is 2.41. The lowest BCUT2D eigenvalue weighted by Gasteiger charge is -2.03. The van der Waals surface area contributed by atoms with E-state index in [1.165, 1.54) is 0 Å². The van der Waals surface area contributed by atoms with Crippen LogP contribution in [0.25, 0.3) is 0 Å². The Morgan fingerprint density at radius 3 is 1.47 bits per heavy atom. The highest BCUT2D eigenvalue weighted by molar-refractivity contribution is 7.90. The number of sulfonamides is 1. The van der Waals surface area contributed by atoms with Gasteiger partial charge >= 0.3 is 0 Å². The van der Waals surface area contributed by atoms with Crippen LogP contribution in [0.4, 0.5) is 0 Å². The standard InChI is InChI=1S/C12H10O.CH4ClNO2S/c1-3-7-11(8-4-1)13-12-9-5-2-6-10-12;2-1-6(3,4)5/h1-10H;1H2,(H2,3,4,5). The molecule has 0 fully saturated rings. The van der Waals surface area contributed by atoms with Crippen LogP contribution in [0.3, 0.4) is 0 Å². The van der Waals surface area contributed by atoms with E-state index in [2.05, 4.69) is 5.14 Å². The minimum absolute atomic E-state index is 0.507. The number of benzene rings is 2. The average molecular weight is 300 g/mol. The normalized spacial score (nSPS) is 10.2. The van der Waals surface area contributed by atoms with Gasteiger partial charge in [0.2, 0.25) is 10.0 Å². The van der Waals surface area contributed by atoms with Crippen molar-refractivity contribution < 1.29 is 13.2 Å². The molecule has 0 heterocycles. The molecule has 0 bridgehead atoms. The highest BCUT2D eigenvalue weighted by Gasteiger charge is 1.93. The van der Waals surface area contributed by atoms with E-state index in [0.717, 1.165) is 11.5 Å². The van der Waals surface area contributed by atoms with Crippen molar-refractivity contribution in [1.29, 1.82) is 0 Å². The van der Waals surface area contributed by atoms with Crippen LogP contribution in [0.2, 0.25) is 0 Å². The molecule has 0 aliphatic heterocycles. The fourth-order valence-corrected chi connectivity index (χ4v) is 1.11. The van der Waals surface area contributed by atoms with Gasteiger partial charge in [0.15, 0.2) is 0 Å². The molecule has 0 saturated carbocycles. The van der Waals surface area contributed by atoms with Gasteiger partial charge < -0.3 is 4.74 Å². The monoisotopic (exact) mass is 299 g/mol. The molecule has 6 heteroatoms. The second-order valence-electron chi connectivity index (χ2n) is 3.50. The van der Waals surface area contributed by atoms with E-state index in [1.807, 2.05) is 60.7 Å². The van der Waals surface area contributed by atoms with E-state index in [0.29, 0.717) is 0 Å². The van der Waals surface area contributed by atoms with Gasteiger partial charge in [0.05, 0.1) is 0 Å². The molecule has 2 N–H and O–H groups in total. The molecule has 0 amide bonds. The molecular formula is C13H14ClNO3S. The number of ether oxygens (including phenoxy) is 1. The van der Waals surface area contributed by atoms with E-state index in [9.17, 15) is 8.42 Å². The Morgan fingerprint density at radius 1 is 0.895 bits per heavy atom. The van der Waals surface area contributed by atoms with Crippen molar-refractivity contribution in [3.8, 4) is 11.5 Å². The largest absolute Gasteiger partial charge is 0.457 e. The highest BCUT2D eigenvalue weighted by Crippen LogP contribution is 2.19. The Balaban J connectivity index is 0.000000258. The zero-order valence-electron chi connectivity index (χ0n) is 10.1. The SMILES string of the molecule is NS(=O)(=O)CCl.c1ccc(Oc2ccccc2)cc1. The first-order valence-corrected chi connectivity index (χ1v) is 7.60. The smallest absolute Gasteiger partial charge is 0.223 e. The Kier molecular flexibility index (Phi) is 6.35. The van der Waals surface area contributed by atoms with E-state index in [-0.39, 0.29) is 0 Å². The lowest BCUT2D eigenvalue weighted by Crippen LogP contribution is -2.12. The third kappa shape index (κ3) is 7.46. The predicted molar refractivity (Wildman–Crippen MR) is 76.8 cm³/mol. The highest BCUT2D eigenvalue weighted by atomic mass is 35.5. The predicted octanol–water partition coefficient (Wildman–Crippen LogP) is 2.95. The van der Waals surface area contributed by atoms with Crippen molar-refractivity contribution in [1.82, 2.24) is 0 Å². The van der Waals surface area contributed by atoms with Gasteiger partial charge in [-0.2, -0.15) is 0 Å². The number of hydrogen-bond donors (Lipinski definition) is 1. The number of nitrogens with two attached hydrogens (primary N) is 1. The molecule has 0 unspecified atom stereocenters. The van der Waals surface area contributed by atoms with E-state index >= 15 is 0 Å². The second kappa shape index (κ2) is 7.78. The Labute approximate surface area is 117 Å². The minimum Gasteiger partial charge on any atom is -0.457 e. The molecule has 0 aromatic heterocycles. The van der Waals surface area contributed by atoms with Gasteiger partial charge in [0, 0.05) is 0 Å². The first-order chi connectivity index (χ1) is 9.01. The van der Waals surface area contributed by atoms with Crippen molar-refractivity contribution in [3.63, 3.8) is 0 Å². The molecular weight excluding hydrogens is 286 g/mol. The molecule has 0 aliphatic rings. The van der Waals surface area contributed by atoms with Gasteiger partial charge in [-0.05, 0) is 24.3 Å². The van der Waals surface area contributed by atoms with Crippen LogP contribution in [0.15, 0.2) is 60.7 Å². The molecule has 0 aliphatic carbocycles. The fourth-order valence-electron chi connectivity index (χ4n) is 1.11. The van der Waals surface area contributed by atoms with Crippen molar-refractivity contribution in [2.24, 2.45) is 5.14 Å². The van der Waals surface area contributed by atoms with Gasteiger partial charge in [-0.3, -0.25) is 0 Å². The van der Waals surface area contributed by atoms with Crippen molar-refractivity contribution in [2.45, 2.75) is 0 Å². The summed E-state index contributed by atoms with van der Waals surface area (Å²) in [7, 11) is -3.40. The summed E-state index contributed by atoms with van der Waals surface area (Å²) in [5.74, 6) is 1.74. The van der Waals surface area contributed by atoms with Crippen molar-refractivity contribution >= 4 is 21.6 Å². The zero-order chi connectivity index (χ0) is 14.1. The number of para-hydroxylation sites is 2. The van der Waals surface area contributed by atoms with Crippen molar-refractivity contribution in [3.05, 3.63) is 60.7 Å². The second-order valence-corrected chi connectivity index (χ2v) is 5.70. The van der Waals surface area contributed by atoms with Crippen LogP contribution < -0.4 is 9.88 Å². The van der Waals surface area contributed by atoms with Gasteiger partial charge in [-0.15, -0.1) is 11.6 Å². The summed E-state index contributed by atoms with van der Waals surface area (Å²) in [5, 5.41) is 3.87. The first-order valence-electron chi connectivity index (χ1n) is 5.35. The molecule has 2 rings (SSSR count). The van der Waals surface area contributed by atoms with E-state index in [4.69, 9.17) is 16.3 Å². The van der Waals surface area contributed by atoms with Crippen LogP contribution in [-0.2, 0) is 10.0 Å². The molecule has 19 heavy (non-hydrogen) atoms. The summed E-state index contributed by atoms with van der Waals surface area (Å²) in [6.45, 7) is 0. The van der Waals surface area contributed by atoms with E-state index in [1.54, 1.807) is 0 Å². The molecule has 0 spiro atoms. The fraction of sp³-hybridized carbons (Fsp3) is 0.0769. The quantitative estimate of drug-likeness (QED) is 0.886. The van der Waals surface area contributed by atoms with Crippen LogP contribution in [0.5, 0.6) is 11.5 Å². The molecule has 0 radical (unpaired) electrons. The molecule has 2 aromatic rings. The molecule has 4 nitrogen and oxygen atoms in total. The number of hydrogen-bond acceptors (Lipinski definition) is 3. The summed E-state index contributed by atoms with van der Waals surface area (Å²) < 4.78 is 24.9. The van der Waals surface area contributed by atoms with Crippen molar-refractivity contribution in [2.75, 3.05) is 5.21 Å². The Bertz CT molecular complexity index is 536. The number of halogens is 1. The molecule has 2 aromatic carbocycles. The lowest BCUT2D eigenvalue weighted by molar-refractivity contribution is 0.482. The van der Waals surface area contributed by atoms with Crippen LogP contribution in [0, 0.1) is 0 Å². The summed E-state index contributed by atoms with van der Waals surface area (Å²) >= 11 is 4.76. The molecule has 0 atom stereocenters. The summed E-state index contributed by atoms with van der Waals surface area (Å²) in [5.41, 5.74) is 0. The number of alkyl halides is 1. The zero-order valence-corrected chi connectivity index (χ0v) is 11.6. The number of rotatable bonds is 3. The maximum atomic E-state index is 9.65. The third-order valence-electron chi connectivity index (χ3n) is 1.87. The molecule has 0 saturated heterocycles. The summed E-state index contributed by atoms with van der Waals surface area (Å²) in [6.07, 6.45) is 0. The first kappa shape index (κ1) is 15.5. The number of primary sulfonamides is 1. The van der Waals surface area contributed by atoms with Gasteiger partial charge in [0.1, 0.15) is 16.7 Å². The Hall–Kier alpha value is -1.56. The topological polar surface area (TPSA) is 69.4 Å². The summed E-state index contributed by atoms with van der Waals surface area (Å²) in [4.78, 5) is 0.